The Balaban J connectivity index is 2.95. The van der Waals surface area contributed by atoms with Crippen LogP contribution in [0.1, 0.15) is 12.5 Å². The molecule has 0 saturated heterocycles. The number of hydrogen-bond donors (Lipinski definition) is 0. The Morgan fingerprint density at radius 3 is 2.80 bits per heavy atom. The summed E-state index contributed by atoms with van der Waals surface area (Å²) in [6.07, 6.45) is 3.75. The summed E-state index contributed by atoms with van der Waals surface area (Å²) in [7, 11) is 0. The van der Waals surface area contributed by atoms with Crippen LogP contribution in [0.15, 0.2) is 30.3 Å². The average molecular weight is 136 g/mol. The minimum Gasteiger partial charge on any atom is -0.207 e. The number of rotatable bonds is 1. The van der Waals surface area contributed by atoms with Gasteiger partial charge < -0.3 is 0 Å². The fourth-order valence-electron chi connectivity index (χ4n) is 0.803. The maximum atomic E-state index is 12.5. The Labute approximate surface area is 60.0 Å². The second-order valence-electron chi connectivity index (χ2n) is 2.06. The zero-order valence-corrected chi connectivity index (χ0v) is 5.84. The Kier molecular flexibility index (Phi) is 2.21. The summed E-state index contributed by atoms with van der Waals surface area (Å²) in [6.45, 7) is 1.91. The Bertz CT molecular complexity index is 238. The molecule has 1 aromatic carbocycles. The summed E-state index contributed by atoms with van der Waals surface area (Å²) in [5.74, 6) is -0.185. The molecule has 1 heteroatoms. The van der Waals surface area contributed by atoms with Gasteiger partial charge in [0.15, 0.2) is 0 Å². The zero-order valence-electron chi connectivity index (χ0n) is 5.84. The summed E-state index contributed by atoms with van der Waals surface area (Å²) in [6, 6.07) is 6.50. The van der Waals surface area contributed by atoms with Crippen molar-refractivity contribution in [1.29, 1.82) is 0 Å². The summed E-state index contributed by atoms with van der Waals surface area (Å²) in [4.78, 5) is 0. The highest BCUT2D eigenvalue weighted by Crippen LogP contribution is 2.04. The quantitative estimate of drug-likeness (QED) is 0.556. The zero-order chi connectivity index (χ0) is 7.40. The third kappa shape index (κ3) is 1.69. The predicted octanol–water partition coefficient (Wildman–Crippen LogP) is 2.86. The molecule has 10 heavy (non-hydrogen) atoms. The first kappa shape index (κ1) is 7.00. The van der Waals surface area contributed by atoms with Crippen molar-refractivity contribution in [2.45, 2.75) is 6.92 Å². The van der Waals surface area contributed by atoms with Gasteiger partial charge in [0.1, 0.15) is 5.82 Å². The molecule has 0 nitrogen and oxygen atoms in total. The van der Waals surface area contributed by atoms with Gasteiger partial charge in [-0.25, -0.2) is 4.39 Å². The molecule has 0 aliphatic heterocycles. The molecule has 0 aliphatic rings. The minimum atomic E-state index is -0.185. The molecule has 0 saturated carbocycles. The van der Waals surface area contributed by atoms with E-state index in [0.29, 0.717) is 0 Å². The lowest BCUT2D eigenvalue weighted by atomic mass is 10.2. The van der Waals surface area contributed by atoms with E-state index in [1.807, 2.05) is 25.1 Å². The predicted molar refractivity (Wildman–Crippen MR) is 41.1 cm³/mol. The molecule has 52 valence electrons. The standard InChI is InChI=1S/C9H9F/c1-2-4-8-5-3-6-9(10)7-8/h2-7H,1H3. The van der Waals surface area contributed by atoms with Crippen molar-refractivity contribution in [3.8, 4) is 0 Å². The minimum absolute atomic E-state index is 0.185. The van der Waals surface area contributed by atoms with Crippen LogP contribution < -0.4 is 0 Å². The molecule has 0 heterocycles. The Hall–Kier alpha value is -1.11. The molecule has 0 fully saturated rings. The van der Waals surface area contributed by atoms with Crippen molar-refractivity contribution in [3.63, 3.8) is 0 Å². The first-order valence-electron chi connectivity index (χ1n) is 3.21. The van der Waals surface area contributed by atoms with Crippen LogP contribution in [0, 0.1) is 5.82 Å². The summed E-state index contributed by atoms with van der Waals surface area (Å²) >= 11 is 0. The SMILES string of the molecule is CC=Cc1cccc(F)c1. The van der Waals surface area contributed by atoms with Gasteiger partial charge in [-0.05, 0) is 24.6 Å². The third-order valence-corrected chi connectivity index (χ3v) is 1.21. The summed E-state index contributed by atoms with van der Waals surface area (Å²) in [5, 5.41) is 0. The number of halogens is 1. The van der Waals surface area contributed by atoms with E-state index in [1.54, 1.807) is 6.07 Å². The molecule has 1 rings (SSSR count). The van der Waals surface area contributed by atoms with Crippen molar-refractivity contribution >= 4 is 6.08 Å². The normalized spacial score (nSPS) is 10.6. The van der Waals surface area contributed by atoms with Crippen LogP contribution in [0.25, 0.3) is 6.08 Å². The van der Waals surface area contributed by atoms with Crippen LogP contribution >= 0.6 is 0 Å². The van der Waals surface area contributed by atoms with Crippen LogP contribution in [-0.2, 0) is 0 Å². The Morgan fingerprint density at radius 1 is 1.40 bits per heavy atom. The lowest BCUT2D eigenvalue weighted by Gasteiger charge is -1.90. The molecule has 0 spiro atoms. The fraction of sp³-hybridized carbons (Fsp3) is 0.111. The largest absolute Gasteiger partial charge is 0.207 e. The van der Waals surface area contributed by atoms with Gasteiger partial charge in [-0.1, -0.05) is 24.3 Å². The van der Waals surface area contributed by atoms with Crippen molar-refractivity contribution < 1.29 is 4.39 Å². The maximum Gasteiger partial charge on any atom is 0.123 e. The molecule has 0 aromatic heterocycles. The number of allylic oxidation sites excluding steroid dienone is 1. The first-order chi connectivity index (χ1) is 4.83. The second-order valence-corrected chi connectivity index (χ2v) is 2.06. The van der Waals surface area contributed by atoms with Gasteiger partial charge in [0.05, 0.1) is 0 Å². The van der Waals surface area contributed by atoms with Crippen LogP contribution in [-0.4, -0.2) is 0 Å². The molecule has 0 unspecified atom stereocenters. The van der Waals surface area contributed by atoms with E-state index in [4.69, 9.17) is 0 Å². The third-order valence-electron chi connectivity index (χ3n) is 1.21. The summed E-state index contributed by atoms with van der Waals surface area (Å²) < 4.78 is 12.5. The van der Waals surface area contributed by atoms with Crippen molar-refractivity contribution in [3.05, 3.63) is 41.7 Å². The van der Waals surface area contributed by atoms with Gasteiger partial charge in [-0.3, -0.25) is 0 Å². The molecule has 0 bridgehead atoms. The number of benzene rings is 1. The average Bonchev–Trinajstić information content (AvgIpc) is 1.88. The molecule has 1 aromatic rings. The van der Waals surface area contributed by atoms with Gasteiger partial charge in [0.25, 0.3) is 0 Å². The highest BCUT2D eigenvalue weighted by Gasteiger charge is 1.87. The number of hydrogen-bond acceptors (Lipinski definition) is 0. The van der Waals surface area contributed by atoms with E-state index >= 15 is 0 Å². The van der Waals surface area contributed by atoms with E-state index in [9.17, 15) is 4.39 Å². The fourth-order valence-corrected chi connectivity index (χ4v) is 0.803. The lowest BCUT2D eigenvalue weighted by Crippen LogP contribution is -1.73. The molecular weight excluding hydrogens is 127 g/mol. The molecule has 0 amide bonds. The first-order valence-corrected chi connectivity index (χ1v) is 3.21. The van der Waals surface area contributed by atoms with Crippen LogP contribution in [0.3, 0.4) is 0 Å². The van der Waals surface area contributed by atoms with E-state index in [1.165, 1.54) is 12.1 Å². The summed E-state index contributed by atoms with van der Waals surface area (Å²) in [5.41, 5.74) is 0.905. The maximum absolute atomic E-state index is 12.5. The van der Waals surface area contributed by atoms with Gasteiger partial charge in [-0.15, -0.1) is 0 Å². The topological polar surface area (TPSA) is 0 Å². The highest BCUT2D eigenvalue weighted by atomic mass is 19.1. The lowest BCUT2D eigenvalue weighted by molar-refractivity contribution is 0.627. The van der Waals surface area contributed by atoms with Crippen molar-refractivity contribution in [1.82, 2.24) is 0 Å². The van der Waals surface area contributed by atoms with E-state index in [2.05, 4.69) is 0 Å². The van der Waals surface area contributed by atoms with Crippen molar-refractivity contribution in [2.75, 3.05) is 0 Å². The van der Waals surface area contributed by atoms with Crippen LogP contribution in [0.2, 0.25) is 0 Å². The van der Waals surface area contributed by atoms with E-state index in [-0.39, 0.29) is 5.82 Å². The molecule has 0 atom stereocenters. The molecular formula is C9H9F. The van der Waals surface area contributed by atoms with E-state index < -0.39 is 0 Å². The van der Waals surface area contributed by atoms with Gasteiger partial charge in [0.2, 0.25) is 0 Å². The molecule has 0 radical (unpaired) electrons. The Morgan fingerprint density at radius 2 is 2.20 bits per heavy atom. The molecule has 0 aliphatic carbocycles. The monoisotopic (exact) mass is 136 g/mol. The van der Waals surface area contributed by atoms with Crippen LogP contribution in [0.4, 0.5) is 4.39 Å². The van der Waals surface area contributed by atoms with E-state index in [0.717, 1.165) is 5.56 Å². The smallest absolute Gasteiger partial charge is 0.123 e. The molecule has 0 N–H and O–H groups in total. The van der Waals surface area contributed by atoms with Crippen LogP contribution in [0.5, 0.6) is 0 Å². The van der Waals surface area contributed by atoms with Gasteiger partial charge >= 0.3 is 0 Å². The van der Waals surface area contributed by atoms with Gasteiger partial charge in [-0.2, -0.15) is 0 Å². The second kappa shape index (κ2) is 3.16. The van der Waals surface area contributed by atoms with Gasteiger partial charge in [0, 0.05) is 0 Å². The van der Waals surface area contributed by atoms with Crippen molar-refractivity contribution in [2.24, 2.45) is 0 Å². The highest BCUT2D eigenvalue weighted by molar-refractivity contribution is 5.48.